The summed E-state index contributed by atoms with van der Waals surface area (Å²) in [5.41, 5.74) is 1.05. The molecule has 0 aliphatic carbocycles. The van der Waals surface area contributed by atoms with Crippen molar-refractivity contribution in [2.75, 3.05) is 0 Å². The molecule has 0 N–H and O–H groups in total. The van der Waals surface area contributed by atoms with Gasteiger partial charge in [-0.2, -0.15) is 0 Å². The molecule has 0 bridgehead atoms. The number of hydrogen-bond donors (Lipinski definition) is 0. The van der Waals surface area contributed by atoms with Crippen molar-refractivity contribution in [2.45, 2.75) is 0 Å². The highest BCUT2D eigenvalue weighted by molar-refractivity contribution is 6.31. The lowest BCUT2D eigenvalue weighted by molar-refractivity contribution is 0.525. The Balaban J connectivity index is 2.09. The molecule has 0 fully saturated rings. The van der Waals surface area contributed by atoms with Crippen LogP contribution in [0.25, 0.3) is 44.2 Å². The first-order chi connectivity index (χ1) is 14.1. The quantitative estimate of drug-likeness (QED) is 0.274. The van der Waals surface area contributed by atoms with Crippen LogP contribution in [-0.2, 0) is 0 Å². The van der Waals surface area contributed by atoms with E-state index >= 15 is 0 Å². The van der Waals surface area contributed by atoms with E-state index in [9.17, 15) is 9.59 Å². The molecule has 140 valence electrons. The molecule has 29 heavy (non-hydrogen) atoms. The van der Waals surface area contributed by atoms with Crippen LogP contribution >= 0.6 is 11.6 Å². The second kappa shape index (κ2) is 6.76. The van der Waals surface area contributed by atoms with Gasteiger partial charge in [-0.1, -0.05) is 72.3 Å². The van der Waals surface area contributed by atoms with Gasteiger partial charge in [-0.25, -0.2) is 9.59 Å². The summed E-state index contributed by atoms with van der Waals surface area (Å²) in [5.74, 6) is 0.399. The van der Waals surface area contributed by atoms with E-state index in [2.05, 4.69) is 0 Å². The summed E-state index contributed by atoms with van der Waals surface area (Å²) >= 11 is 6.10. The first-order valence-electron chi connectivity index (χ1n) is 8.97. The van der Waals surface area contributed by atoms with Crippen LogP contribution in [0.2, 0.25) is 5.02 Å². The summed E-state index contributed by atoms with van der Waals surface area (Å²) in [5, 5.41) is 1.44. The summed E-state index contributed by atoms with van der Waals surface area (Å²) < 4.78 is 11.0. The Morgan fingerprint density at radius 3 is 1.97 bits per heavy atom. The Labute approximate surface area is 169 Å². The van der Waals surface area contributed by atoms with Crippen LogP contribution in [0.15, 0.2) is 97.3 Å². The zero-order chi connectivity index (χ0) is 20.0. The van der Waals surface area contributed by atoms with E-state index in [1.807, 2.05) is 60.7 Å². The fourth-order valence-electron chi connectivity index (χ4n) is 3.60. The third kappa shape index (κ3) is 2.85. The van der Waals surface area contributed by atoms with E-state index in [0.29, 0.717) is 32.7 Å². The lowest BCUT2D eigenvalue weighted by atomic mass is 9.94. The largest absolute Gasteiger partial charge is 0.422 e. The minimum atomic E-state index is -0.750. The maximum absolute atomic E-state index is 12.8. The van der Waals surface area contributed by atoms with Crippen molar-refractivity contribution >= 4 is 33.3 Å². The molecule has 4 nitrogen and oxygen atoms in total. The molecule has 0 saturated heterocycles. The summed E-state index contributed by atoms with van der Waals surface area (Å²) in [4.78, 5) is 25.5. The van der Waals surface area contributed by atoms with Gasteiger partial charge in [-0.05, 0) is 17.7 Å². The molecule has 5 heteroatoms. The molecule has 3 aromatic carbocycles. The van der Waals surface area contributed by atoms with E-state index in [1.54, 1.807) is 18.2 Å². The molecule has 0 aliphatic rings. The lowest BCUT2D eigenvalue weighted by Gasteiger charge is -2.13. The van der Waals surface area contributed by atoms with Gasteiger partial charge in [0.25, 0.3) is 0 Å². The summed E-state index contributed by atoms with van der Waals surface area (Å²) in [6.07, 6.45) is 0. The molecule has 2 aromatic heterocycles. The fraction of sp³-hybridized carbons (Fsp3) is 0. The van der Waals surface area contributed by atoms with E-state index in [1.165, 1.54) is 0 Å². The van der Waals surface area contributed by atoms with Crippen molar-refractivity contribution in [1.29, 1.82) is 0 Å². The lowest BCUT2D eigenvalue weighted by Crippen LogP contribution is -2.13. The maximum Gasteiger partial charge on any atom is 0.351 e. The molecule has 0 amide bonds. The highest BCUT2D eigenvalue weighted by atomic mass is 35.5. The minimum Gasteiger partial charge on any atom is -0.422 e. The molecular weight excluding hydrogens is 388 g/mol. The first-order valence-corrected chi connectivity index (χ1v) is 9.35. The van der Waals surface area contributed by atoms with Gasteiger partial charge >= 0.3 is 11.3 Å². The van der Waals surface area contributed by atoms with Crippen molar-refractivity contribution in [3.8, 4) is 22.5 Å². The van der Waals surface area contributed by atoms with Crippen molar-refractivity contribution in [2.24, 2.45) is 0 Å². The second-order valence-corrected chi connectivity index (χ2v) is 7.04. The van der Waals surface area contributed by atoms with E-state index in [0.717, 1.165) is 11.1 Å². The first kappa shape index (κ1) is 17.5. The fourth-order valence-corrected chi connectivity index (χ4v) is 3.76. The Kier molecular flexibility index (Phi) is 4.07. The second-order valence-electron chi connectivity index (χ2n) is 6.61. The zero-order valence-corrected chi connectivity index (χ0v) is 15.8. The van der Waals surface area contributed by atoms with Gasteiger partial charge in [-0.3, -0.25) is 0 Å². The van der Waals surface area contributed by atoms with Crippen LogP contribution in [0.3, 0.4) is 0 Å². The highest BCUT2D eigenvalue weighted by Crippen LogP contribution is 2.39. The standard InChI is InChI=1S/C24H13ClO4/c25-16-11-12-17-18(13-16)28-23(26)21-20(17)19(14-7-3-1-4-8-14)22(29-24(21)27)15-9-5-2-6-10-15/h1-13H. The SMILES string of the molecule is O=c1oc(-c2ccccc2)c(-c2ccccc2)c2c1c(=O)oc1cc(Cl)ccc12. The van der Waals surface area contributed by atoms with E-state index in [4.69, 9.17) is 20.4 Å². The van der Waals surface area contributed by atoms with Gasteiger partial charge in [-0.15, -0.1) is 0 Å². The Morgan fingerprint density at radius 1 is 0.655 bits per heavy atom. The topological polar surface area (TPSA) is 60.4 Å². The molecule has 0 saturated carbocycles. The molecule has 0 spiro atoms. The molecule has 0 atom stereocenters. The molecule has 0 unspecified atom stereocenters. The number of hydrogen-bond acceptors (Lipinski definition) is 4. The van der Waals surface area contributed by atoms with E-state index in [-0.39, 0.29) is 5.39 Å². The monoisotopic (exact) mass is 400 g/mol. The number of benzene rings is 3. The van der Waals surface area contributed by atoms with Crippen LogP contribution in [0.1, 0.15) is 0 Å². The summed E-state index contributed by atoms with van der Waals surface area (Å²) in [6.45, 7) is 0. The van der Waals surface area contributed by atoms with Crippen molar-refractivity contribution in [1.82, 2.24) is 0 Å². The molecular formula is C24H13ClO4. The molecule has 0 aliphatic heterocycles. The Bertz CT molecular complexity index is 1480. The minimum absolute atomic E-state index is 0.113. The third-order valence-electron chi connectivity index (χ3n) is 4.84. The van der Waals surface area contributed by atoms with Gasteiger partial charge in [0, 0.05) is 33.0 Å². The Hall–Kier alpha value is -3.63. The predicted molar refractivity (Wildman–Crippen MR) is 114 cm³/mol. The number of fused-ring (bicyclic) bond motifs is 3. The number of halogens is 1. The average Bonchev–Trinajstić information content (AvgIpc) is 2.74. The maximum atomic E-state index is 12.8. The number of rotatable bonds is 2. The Morgan fingerprint density at radius 2 is 1.28 bits per heavy atom. The molecule has 0 radical (unpaired) electrons. The van der Waals surface area contributed by atoms with Crippen molar-refractivity contribution in [3.05, 3.63) is 105 Å². The predicted octanol–water partition coefficient (Wildman–Crippen LogP) is 5.89. The van der Waals surface area contributed by atoms with E-state index < -0.39 is 11.3 Å². The van der Waals surface area contributed by atoms with Crippen molar-refractivity contribution in [3.63, 3.8) is 0 Å². The van der Waals surface area contributed by atoms with Crippen LogP contribution in [-0.4, -0.2) is 0 Å². The van der Waals surface area contributed by atoms with Gasteiger partial charge in [0.2, 0.25) is 0 Å². The average molecular weight is 401 g/mol. The van der Waals surface area contributed by atoms with Crippen LogP contribution < -0.4 is 11.3 Å². The van der Waals surface area contributed by atoms with Gasteiger partial charge < -0.3 is 8.83 Å². The molecule has 5 aromatic rings. The van der Waals surface area contributed by atoms with Crippen LogP contribution in [0.4, 0.5) is 0 Å². The van der Waals surface area contributed by atoms with Crippen LogP contribution in [0.5, 0.6) is 0 Å². The normalized spacial score (nSPS) is 11.2. The summed E-state index contributed by atoms with van der Waals surface area (Å²) in [6, 6.07) is 23.9. The van der Waals surface area contributed by atoms with Gasteiger partial charge in [0.15, 0.2) is 5.39 Å². The van der Waals surface area contributed by atoms with Gasteiger partial charge in [0.1, 0.15) is 11.3 Å². The van der Waals surface area contributed by atoms with Gasteiger partial charge in [0.05, 0.1) is 0 Å². The van der Waals surface area contributed by atoms with Crippen LogP contribution in [0, 0.1) is 0 Å². The third-order valence-corrected chi connectivity index (χ3v) is 5.08. The summed E-state index contributed by atoms with van der Waals surface area (Å²) in [7, 11) is 0. The smallest absolute Gasteiger partial charge is 0.351 e. The molecule has 2 heterocycles. The zero-order valence-electron chi connectivity index (χ0n) is 15.0. The highest BCUT2D eigenvalue weighted by Gasteiger charge is 2.22. The molecule has 5 rings (SSSR count). The van der Waals surface area contributed by atoms with Crippen molar-refractivity contribution < 1.29 is 8.83 Å².